The van der Waals surface area contributed by atoms with E-state index in [-0.39, 0.29) is 0 Å². The summed E-state index contributed by atoms with van der Waals surface area (Å²) < 4.78 is 7.80. The molecule has 0 N–H and O–H groups in total. The van der Waals surface area contributed by atoms with E-state index in [1.807, 2.05) is 12.5 Å². The molecule has 1 aromatic heterocycles. The molecule has 1 unspecified atom stereocenters. The van der Waals surface area contributed by atoms with Crippen LogP contribution in [0.4, 0.5) is 0 Å². The molecule has 0 radical (unpaired) electrons. The molecule has 0 saturated carbocycles. The quantitative estimate of drug-likeness (QED) is 0.741. The Hall–Kier alpha value is -0.540. The van der Waals surface area contributed by atoms with Crippen molar-refractivity contribution in [2.24, 2.45) is 0 Å². The number of rotatable bonds is 4. The van der Waals surface area contributed by atoms with Gasteiger partial charge in [-0.2, -0.15) is 0 Å². The molecule has 0 aliphatic carbocycles. The highest BCUT2D eigenvalue weighted by atomic mass is 35.5. The Morgan fingerprint density at radius 1 is 1.53 bits per heavy atom. The van der Waals surface area contributed by atoms with Crippen LogP contribution in [0.1, 0.15) is 31.4 Å². The molecule has 0 amide bonds. The Kier molecular flexibility index (Phi) is 4.03. The van der Waals surface area contributed by atoms with Gasteiger partial charge in [0, 0.05) is 19.3 Å². The topological polar surface area (TPSA) is 27.1 Å². The number of nitrogens with zero attached hydrogens (tertiary/aromatic N) is 2. The largest absolute Gasteiger partial charge is 0.378 e. The Morgan fingerprint density at radius 2 is 2.47 bits per heavy atom. The number of aromatic nitrogens is 2. The molecule has 2 rings (SSSR count). The van der Waals surface area contributed by atoms with E-state index in [1.54, 1.807) is 0 Å². The molecule has 84 valence electrons. The van der Waals surface area contributed by atoms with Crippen LogP contribution in [0.15, 0.2) is 12.5 Å². The predicted molar refractivity (Wildman–Crippen MR) is 60.0 cm³/mol. The van der Waals surface area contributed by atoms with E-state index >= 15 is 0 Å². The molecule has 2 heterocycles. The van der Waals surface area contributed by atoms with Gasteiger partial charge in [-0.25, -0.2) is 4.98 Å². The Morgan fingerprint density at radius 3 is 3.20 bits per heavy atom. The molecular formula is C11H17ClN2O. The van der Waals surface area contributed by atoms with Crippen LogP contribution >= 0.6 is 11.6 Å². The molecule has 1 atom stereocenters. The fraction of sp³-hybridized carbons (Fsp3) is 0.727. The normalized spacial score (nSPS) is 21.8. The van der Waals surface area contributed by atoms with Crippen molar-refractivity contribution >= 4 is 11.6 Å². The first-order valence-electron chi connectivity index (χ1n) is 5.56. The van der Waals surface area contributed by atoms with Crippen LogP contribution < -0.4 is 0 Å². The smallest absolute Gasteiger partial charge is 0.0948 e. The second kappa shape index (κ2) is 5.52. The molecule has 1 aliphatic heterocycles. The highest BCUT2D eigenvalue weighted by Gasteiger charge is 2.13. The Bertz CT molecular complexity index is 295. The van der Waals surface area contributed by atoms with E-state index in [1.165, 1.54) is 19.3 Å². The third kappa shape index (κ3) is 2.95. The second-order valence-corrected chi connectivity index (χ2v) is 4.26. The van der Waals surface area contributed by atoms with E-state index in [9.17, 15) is 0 Å². The van der Waals surface area contributed by atoms with Gasteiger partial charge in [0.15, 0.2) is 0 Å². The maximum absolute atomic E-state index is 5.80. The van der Waals surface area contributed by atoms with Crippen molar-refractivity contribution in [3.8, 4) is 0 Å². The van der Waals surface area contributed by atoms with Crippen molar-refractivity contribution in [2.75, 3.05) is 6.61 Å². The fourth-order valence-corrected chi connectivity index (χ4v) is 2.20. The summed E-state index contributed by atoms with van der Waals surface area (Å²) in [5, 5.41) is 0. The number of ether oxygens (including phenoxy) is 1. The third-order valence-electron chi connectivity index (χ3n) is 2.90. The zero-order valence-corrected chi connectivity index (χ0v) is 9.62. The van der Waals surface area contributed by atoms with E-state index < -0.39 is 0 Å². The molecule has 1 aromatic rings. The predicted octanol–water partition coefficient (Wildman–Crippen LogP) is 2.58. The zero-order chi connectivity index (χ0) is 10.5. The molecule has 1 saturated heterocycles. The molecule has 0 spiro atoms. The molecule has 4 heteroatoms. The summed E-state index contributed by atoms with van der Waals surface area (Å²) in [4.78, 5) is 4.09. The van der Waals surface area contributed by atoms with E-state index in [2.05, 4.69) is 9.55 Å². The summed E-state index contributed by atoms with van der Waals surface area (Å²) in [6, 6.07) is 0. The summed E-state index contributed by atoms with van der Waals surface area (Å²) in [7, 11) is 0. The van der Waals surface area contributed by atoms with Crippen molar-refractivity contribution < 1.29 is 4.74 Å². The zero-order valence-electron chi connectivity index (χ0n) is 8.86. The molecule has 15 heavy (non-hydrogen) atoms. The van der Waals surface area contributed by atoms with Crippen LogP contribution in [0.2, 0.25) is 0 Å². The first-order chi connectivity index (χ1) is 7.40. The van der Waals surface area contributed by atoms with Crippen molar-refractivity contribution in [1.82, 2.24) is 9.55 Å². The van der Waals surface area contributed by atoms with Crippen LogP contribution in [0.25, 0.3) is 0 Å². The van der Waals surface area contributed by atoms with E-state index in [4.69, 9.17) is 16.3 Å². The number of aryl methyl sites for hydroxylation is 1. The first kappa shape index (κ1) is 11.0. The average molecular weight is 229 g/mol. The molecule has 3 nitrogen and oxygen atoms in total. The number of alkyl halides is 1. The summed E-state index contributed by atoms with van der Waals surface area (Å²) in [5.74, 6) is 0.533. The van der Waals surface area contributed by atoms with Gasteiger partial charge < -0.3 is 9.30 Å². The van der Waals surface area contributed by atoms with Gasteiger partial charge >= 0.3 is 0 Å². The van der Waals surface area contributed by atoms with Gasteiger partial charge in [0.1, 0.15) is 0 Å². The lowest BCUT2D eigenvalue weighted by molar-refractivity contribution is 0.00873. The summed E-state index contributed by atoms with van der Waals surface area (Å²) in [5.41, 5.74) is 1.09. The molecule has 0 bridgehead atoms. The van der Waals surface area contributed by atoms with E-state index in [0.29, 0.717) is 12.0 Å². The molecular weight excluding hydrogens is 212 g/mol. The maximum Gasteiger partial charge on any atom is 0.0948 e. The number of hydrogen-bond acceptors (Lipinski definition) is 2. The van der Waals surface area contributed by atoms with Gasteiger partial charge in [-0.1, -0.05) is 0 Å². The lowest BCUT2D eigenvalue weighted by Gasteiger charge is -2.22. The lowest BCUT2D eigenvalue weighted by Crippen LogP contribution is -2.21. The minimum Gasteiger partial charge on any atom is -0.378 e. The minimum absolute atomic E-state index is 0.435. The second-order valence-electron chi connectivity index (χ2n) is 3.99. The van der Waals surface area contributed by atoms with Crippen LogP contribution in [-0.4, -0.2) is 22.3 Å². The highest BCUT2D eigenvalue weighted by Crippen LogP contribution is 2.16. The molecule has 1 aliphatic rings. The SMILES string of the molecule is ClCc1cncn1CCC1CCCCO1. The fourth-order valence-electron chi connectivity index (χ4n) is 1.98. The maximum atomic E-state index is 5.80. The van der Waals surface area contributed by atoms with Gasteiger partial charge in [0.05, 0.1) is 24.0 Å². The Balaban J connectivity index is 1.81. The van der Waals surface area contributed by atoms with E-state index in [0.717, 1.165) is 25.3 Å². The standard InChI is InChI=1S/C11H17ClN2O/c12-7-10-8-13-9-14(10)5-4-11-3-1-2-6-15-11/h8-9,11H,1-7H2. The average Bonchev–Trinajstić information content (AvgIpc) is 2.75. The number of imidazole rings is 1. The van der Waals surface area contributed by atoms with Gasteiger partial charge in [-0.3, -0.25) is 0 Å². The number of hydrogen-bond donors (Lipinski definition) is 0. The third-order valence-corrected chi connectivity index (χ3v) is 3.18. The highest BCUT2D eigenvalue weighted by molar-refractivity contribution is 6.16. The van der Waals surface area contributed by atoms with Gasteiger partial charge in [-0.15, -0.1) is 11.6 Å². The monoisotopic (exact) mass is 228 g/mol. The summed E-state index contributed by atoms with van der Waals surface area (Å²) >= 11 is 5.80. The molecule has 0 aromatic carbocycles. The van der Waals surface area contributed by atoms with Crippen LogP contribution in [-0.2, 0) is 17.2 Å². The molecule has 1 fully saturated rings. The summed E-state index contributed by atoms with van der Waals surface area (Å²) in [6.45, 7) is 1.89. The lowest BCUT2D eigenvalue weighted by atomic mass is 10.1. The van der Waals surface area contributed by atoms with Crippen molar-refractivity contribution in [2.45, 2.75) is 44.2 Å². The number of halogens is 1. The van der Waals surface area contributed by atoms with Crippen molar-refractivity contribution in [1.29, 1.82) is 0 Å². The van der Waals surface area contributed by atoms with Gasteiger partial charge in [0.25, 0.3) is 0 Å². The van der Waals surface area contributed by atoms with Crippen molar-refractivity contribution in [3.63, 3.8) is 0 Å². The van der Waals surface area contributed by atoms with Gasteiger partial charge in [0.2, 0.25) is 0 Å². The Labute approximate surface area is 95.4 Å². The van der Waals surface area contributed by atoms with Crippen LogP contribution in [0.3, 0.4) is 0 Å². The van der Waals surface area contributed by atoms with Crippen LogP contribution in [0.5, 0.6) is 0 Å². The minimum atomic E-state index is 0.435. The van der Waals surface area contributed by atoms with Crippen LogP contribution in [0, 0.1) is 0 Å². The van der Waals surface area contributed by atoms with Crippen molar-refractivity contribution in [3.05, 3.63) is 18.2 Å². The van der Waals surface area contributed by atoms with Gasteiger partial charge in [-0.05, 0) is 25.7 Å². The summed E-state index contributed by atoms with van der Waals surface area (Å²) in [6.07, 6.45) is 8.90. The first-order valence-corrected chi connectivity index (χ1v) is 6.10.